The summed E-state index contributed by atoms with van der Waals surface area (Å²) >= 11 is 5.92. The zero-order valence-electron chi connectivity index (χ0n) is 11.9. The fourth-order valence-electron chi connectivity index (χ4n) is 2.46. The maximum atomic E-state index is 5.92. The van der Waals surface area contributed by atoms with Gasteiger partial charge in [0, 0.05) is 17.9 Å². The molecule has 4 nitrogen and oxygen atoms in total. The molecule has 0 aliphatic carbocycles. The van der Waals surface area contributed by atoms with E-state index in [-0.39, 0.29) is 0 Å². The second-order valence-electron chi connectivity index (χ2n) is 4.74. The van der Waals surface area contributed by atoms with E-state index in [1.165, 1.54) is 0 Å². The molecule has 3 aromatic rings. The normalized spacial score (nSPS) is 11.1. The number of halogens is 1. The van der Waals surface area contributed by atoms with Gasteiger partial charge >= 0.3 is 0 Å². The van der Waals surface area contributed by atoms with E-state index in [0.717, 1.165) is 41.1 Å². The minimum absolute atomic E-state index is 0.540. The predicted molar refractivity (Wildman–Crippen MR) is 83.1 cm³/mol. The van der Waals surface area contributed by atoms with Crippen LogP contribution in [0, 0.1) is 0 Å². The molecule has 2 aromatic heterocycles. The van der Waals surface area contributed by atoms with Crippen LogP contribution in [0.2, 0.25) is 0 Å². The van der Waals surface area contributed by atoms with Gasteiger partial charge in [0.1, 0.15) is 17.1 Å². The molecule has 0 fully saturated rings. The molecule has 5 heteroatoms. The average molecular weight is 305 g/mol. The molecule has 2 heterocycles. The van der Waals surface area contributed by atoms with Crippen molar-refractivity contribution in [3.8, 4) is 5.75 Å². The van der Waals surface area contributed by atoms with E-state index in [9.17, 15) is 0 Å². The Labute approximate surface area is 128 Å². The summed E-state index contributed by atoms with van der Waals surface area (Å²) in [6.07, 6.45) is 4.16. The van der Waals surface area contributed by atoms with Crippen LogP contribution in [0.5, 0.6) is 5.75 Å². The van der Waals surface area contributed by atoms with Crippen molar-refractivity contribution in [3.05, 3.63) is 48.2 Å². The fourth-order valence-corrected chi connectivity index (χ4v) is 2.63. The van der Waals surface area contributed by atoms with Crippen LogP contribution in [0.1, 0.15) is 18.3 Å². The molecule has 110 valence electrons. The molecule has 0 bridgehead atoms. The van der Waals surface area contributed by atoms with Crippen LogP contribution in [0.4, 0.5) is 0 Å². The number of benzene rings is 1. The van der Waals surface area contributed by atoms with Crippen molar-refractivity contribution in [2.45, 2.75) is 19.9 Å². The van der Waals surface area contributed by atoms with Crippen LogP contribution < -0.4 is 4.74 Å². The van der Waals surface area contributed by atoms with Crippen molar-refractivity contribution in [3.63, 3.8) is 0 Å². The minimum Gasteiger partial charge on any atom is -0.492 e. The lowest BCUT2D eigenvalue weighted by Crippen LogP contribution is -2.05. The Morgan fingerprint density at radius 2 is 2.24 bits per heavy atom. The summed E-state index contributed by atoms with van der Waals surface area (Å²) in [5.74, 6) is 2.32. The monoisotopic (exact) mass is 304 g/mol. The van der Waals surface area contributed by atoms with Gasteiger partial charge in [0.2, 0.25) is 0 Å². The number of hydrogen-bond donors (Lipinski definition) is 0. The molecular formula is C16H17ClN2O2. The lowest BCUT2D eigenvalue weighted by atomic mass is 10.2. The average Bonchev–Trinajstić information content (AvgIpc) is 3.10. The number of nitrogens with zero attached hydrogens (tertiary/aromatic N) is 2. The zero-order valence-corrected chi connectivity index (χ0v) is 12.6. The third-order valence-electron chi connectivity index (χ3n) is 3.36. The van der Waals surface area contributed by atoms with Crippen LogP contribution >= 0.6 is 11.6 Å². The van der Waals surface area contributed by atoms with Crippen LogP contribution in [0.3, 0.4) is 0 Å². The topological polar surface area (TPSA) is 40.2 Å². The van der Waals surface area contributed by atoms with Crippen molar-refractivity contribution < 1.29 is 9.15 Å². The standard InChI is InChI=1S/C16H17ClN2O2/c1-2-21-14-5-3-4-13-16(14)18-15(6-8-17)19(13)10-12-7-9-20-11-12/h3-5,7,9,11H,2,6,8,10H2,1H3. The van der Waals surface area contributed by atoms with E-state index in [1.807, 2.05) is 25.1 Å². The van der Waals surface area contributed by atoms with Crippen LogP contribution in [-0.4, -0.2) is 22.0 Å². The van der Waals surface area contributed by atoms with Gasteiger partial charge in [-0.3, -0.25) is 0 Å². The van der Waals surface area contributed by atoms with Crippen LogP contribution in [0.15, 0.2) is 41.2 Å². The highest BCUT2D eigenvalue weighted by molar-refractivity contribution is 6.17. The molecule has 0 aliphatic rings. The Bertz CT molecular complexity index is 719. The zero-order chi connectivity index (χ0) is 14.7. The molecule has 0 spiro atoms. The number of para-hydroxylation sites is 1. The second kappa shape index (κ2) is 6.22. The number of hydrogen-bond acceptors (Lipinski definition) is 3. The highest BCUT2D eigenvalue weighted by Crippen LogP contribution is 2.27. The molecule has 0 atom stereocenters. The number of aromatic nitrogens is 2. The molecule has 0 saturated heterocycles. The maximum Gasteiger partial charge on any atom is 0.147 e. The summed E-state index contributed by atoms with van der Waals surface area (Å²) in [7, 11) is 0. The number of ether oxygens (including phenoxy) is 1. The van der Waals surface area contributed by atoms with Crippen molar-refractivity contribution in [1.82, 2.24) is 9.55 Å². The second-order valence-corrected chi connectivity index (χ2v) is 5.12. The van der Waals surface area contributed by atoms with Crippen LogP contribution in [0.25, 0.3) is 11.0 Å². The van der Waals surface area contributed by atoms with Gasteiger partial charge in [-0.05, 0) is 25.1 Å². The SMILES string of the molecule is CCOc1cccc2c1nc(CCCl)n2Cc1ccoc1. The summed E-state index contributed by atoms with van der Waals surface area (Å²) in [4.78, 5) is 4.72. The Morgan fingerprint density at radius 1 is 1.33 bits per heavy atom. The smallest absolute Gasteiger partial charge is 0.147 e. The molecule has 0 radical (unpaired) electrons. The predicted octanol–water partition coefficient (Wildman–Crippen LogP) is 3.86. The first-order valence-corrected chi connectivity index (χ1v) is 7.55. The van der Waals surface area contributed by atoms with E-state index in [0.29, 0.717) is 12.5 Å². The molecular weight excluding hydrogens is 288 g/mol. The van der Waals surface area contributed by atoms with E-state index >= 15 is 0 Å². The number of aryl methyl sites for hydroxylation is 1. The summed E-state index contributed by atoms with van der Waals surface area (Å²) in [6, 6.07) is 7.96. The summed E-state index contributed by atoms with van der Waals surface area (Å²) in [6.45, 7) is 3.31. The molecule has 0 saturated carbocycles. The number of rotatable bonds is 6. The Kier molecular flexibility index (Phi) is 4.15. The third-order valence-corrected chi connectivity index (χ3v) is 3.55. The molecule has 3 rings (SSSR count). The molecule has 0 aliphatic heterocycles. The minimum atomic E-state index is 0.540. The summed E-state index contributed by atoms with van der Waals surface area (Å²) in [5, 5.41) is 0. The first-order chi connectivity index (χ1) is 10.3. The number of furan rings is 1. The van der Waals surface area contributed by atoms with Gasteiger partial charge in [0.25, 0.3) is 0 Å². The Balaban J connectivity index is 2.10. The van der Waals surface area contributed by atoms with Gasteiger partial charge in [-0.25, -0.2) is 4.98 Å². The highest BCUT2D eigenvalue weighted by atomic mass is 35.5. The summed E-state index contributed by atoms with van der Waals surface area (Å²) in [5.41, 5.74) is 3.05. The third kappa shape index (κ3) is 2.76. The van der Waals surface area contributed by atoms with Crippen LogP contribution in [-0.2, 0) is 13.0 Å². The first kappa shape index (κ1) is 14.0. The molecule has 1 aromatic carbocycles. The van der Waals surface area contributed by atoms with Crippen molar-refractivity contribution in [2.75, 3.05) is 12.5 Å². The first-order valence-electron chi connectivity index (χ1n) is 7.01. The fraction of sp³-hybridized carbons (Fsp3) is 0.312. The van der Waals surface area contributed by atoms with Gasteiger partial charge in [-0.15, -0.1) is 11.6 Å². The lowest BCUT2D eigenvalue weighted by Gasteiger charge is -2.07. The van der Waals surface area contributed by atoms with E-state index in [1.54, 1.807) is 12.5 Å². The quantitative estimate of drug-likeness (QED) is 0.649. The van der Waals surface area contributed by atoms with Crippen molar-refractivity contribution in [2.24, 2.45) is 0 Å². The van der Waals surface area contributed by atoms with E-state index in [2.05, 4.69) is 10.6 Å². The van der Waals surface area contributed by atoms with Gasteiger partial charge < -0.3 is 13.7 Å². The maximum absolute atomic E-state index is 5.92. The van der Waals surface area contributed by atoms with Gasteiger partial charge in [-0.2, -0.15) is 0 Å². The van der Waals surface area contributed by atoms with Crippen molar-refractivity contribution >= 4 is 22.6 Å². The number of imidazole rings is 1. The number of alkyl halides is 1. The summed E-state index contributed by atoms with van der Waals surface area (Å²) < 4.78 is 13.0. The molecule has 0 N–H and O–H groups in total. The van der Waals surface area contributed by atoms with E-state index in [4.69, 9.17) is 25.7 Å². The highest BCUT2D eigenvalue weighted by Gasteiger charge is 2.14. The number of fused-ring (bicyclic) bond motifs is 1. The molecule has 21 heavy (non-hydrogen) atoms. The van der Waals surface area contributed by atoms with E-state index < -0.39 is 0 Å². The van der Waals surface area contributed by atoms with Gasteiger partial charge in [0.05, 0.1) is 31.2 Å². The van der Waals surface area contributed by atoms with Gasteiger partial charge in [-0.1, -0.05) is 6.07 Å². The molecule has 0 amide bonds. The van der Waals surface area contributed by atoms with Gasteiger partial charge in [0.15, 0.2) is 0 Å². The Hall–Kier alpha value is -1.94. The largest absolute Gasteiger partial charge is 0.492 e. The van der Waals surface area contributed by atoms with Crippen molar-refractivity contribution in [1.29, 1.82) is 0 Å². The molecule has 0 unspecified atom stereocenters. The lowest BCUT2D eigenvalue weighted by molar-refractivity contribution is 0.343. The Morgan fingerprint density at radius 3 is 2.95 bits per heavy atom.